The molecule has 0 radical (unpaired) electrons. The first-order valence-electron chi connectivity index (χ1n) is 5.60. The summed E-state index contributed by atoms with van der Waals surface area (Å²) in [5.74, 6) is 0.657. The van der Waals surface area contributed by atoms with Crippen molar-refractivity contribution in [3.63, 3.8) is 0 Å². The standard InChI is InChI=1S/C13H12F3N3/c1-8-11(18-7-19-12(8)17-2)9-3-5-10(6-4-9)13(14,15)16/h3-7H,1-2H3,(H,17,18,19). The van der Waals surface area contributed by atoms with E-state index in [2.05, 4.69) is 15.3 Å². The van der Waals surface area contributed by atoms with E-state index in [1.807, 2.05) is 6.92 Å². The molecule has 0 bridgehead atoms. The van der Waals surface area contributed by atoms with Crippen LogP contribution >= 0.6 is 0 Å². The molecule has 1 N–H and O–H groups in total. The van der Waals surface area contributed by atoms with E-state index in [-0.39, 0.29) is 0 Å². The van der Waals surface area contributed by atoms with Crippen molar-refractivity contribution in [2.45, 2.75) is 13.1 Å². The highest BCUT2D eigenvalue weighted by Gasteiger charge is 2.30. The molecule has 0 spiro atoms. The second kappa shape index (κ2) is 4.87. The lowest BCUT2D eigenvalue weighted by Crippen LogP contribution is -2.04. The normalized spacial score (nSPS) is 11.4. The van der Waals surface area contributed by atoms with Gasteiger partial charge in [0.15, 0.2) is 0 Å². The minimum absolute atomic E-state index is 0.619. The highest BCUT2D eigenvalue weighted by atomic mass is 19.4. The molecule has 0 unspecified atom stereocenters. The number of rotatable bonds is 2. The van der Waals surface area contributed by atoms with Crippen LogP contribution in [-0.2, 0) is 6.18 Å². The zero-order chi connectivity index (χ0) is 14.0. The van der Waals surface area contributed by atoms with E-state index in [0.29, 0.717) is 17.1 Å². The van der Waals surface area contributed by atoms with Gasteiger partial charge < -0.3 is 5.32 Å². The zero-order valence-electron chi connectivity index (χ0n) is 10.4. The molecule has 1 aromatic carbocycles. The summed E-state index contributed by atoms with van der Waals surface area (Å²) in [6, 6.07) is 4.93. The number of benzene rings is 1. The maximum atomic E-state index is 12.5. The van der Waals surface area contributed by atoms with Crippen molar-refractivity contribution in [1.82, 2.24) is 9.97 Å². The summed E-state index contributed by atoms with van der Waals surface area (Å²) in [6.07, 6.45) is -2.94. The van der Waals surface area contributed by atoms with Gasteiger partial charge in [0.1, 0.15) is 12.1 Å². The van der Waals surface area contributed by atoms with Crippen LogP contribution in [-0.4, -0.2) is 17.0 Å². The van der Waals surface area contributed by atoms with Crippen molar-refractivity contribution in [3.05, 3.63) is 41.7 Å². The first-order chi connectivity index (χ1) is 8.93. The predicted molar refractivity (Wildman–Crippen MR) is 66.8 cm³/mol. The van der Waals surface area contributed by atoms with Gasteiger partial charge in [0.25, 0.3) is 0 Å². The molecule has 6 heteroatoms. The van der Waals surface area contributed by atoms with E-state index in [1.165, 1.54) is 18.5 Å². The Morgan fingerprint density at radius 3 is 2.21 bits per heavy atom. The molecule has 0 atom stereocenters. The largest absolute Gasteiger partial charge is 0.416 e. The van der Waals surface area contributed by atoms with Crippen molar-refractivity contribution in [3.8, 4) is 11.3 Å². The minimum atomic E-state index is -4.32. The molecule has 100 valence electrons. The molecule has 2 aromatic rings. The summed E-state index contributed by atoms with van der Waals surface area (Å²) in [5, 5.41) is 2.91. The van der Waals surface area contributed by atoms with Gasteiger partial charge in [0.2, 0.25) is 0 Å². The second-order valence-corrected chi connectivity index (χ2v) is 4.02. The number of nitrogens with one attached hydrogen (secondary N) is 1. The number of hydrogen-bond donors (Lipinski definition) is 1. The fraction of sp³-hybridized carbons (Fsp3) is 0.231. The number of hydrogen-bond acceptors (Lipinski definition) is 3. The summed E-state index contributed by atoms with van der Waals surface area (Å²) in [5.41, 5.74) is 1.37. The molecule has 0 aliphatic heterocycles. The van der Waals surface area contributed by atoms with Crippen molar-refractivity contribution in [2.24, 2.45) is 0 Å². The van der Waals surface area contributed by atoms with E-state index >= 15 is 0 Å². The van der Waals surface area contributed by atoms with E-state index in [4.69, 9.17) is 0 Å². The quantitative estimate of drug-likeness (QED) is 0.904. The first kappa shape index (κ1) is 13.3. The van der Waals surface area contributed by atoms with Crippen molar-refractivity contribution >= 4 is 5.82 Å². The molecule has 0 aliphatic carbocycles. The van der Waals surface area contributed by atoms with E-state index in [9.17, 15) is 13.2 Å². The molecule has 2 rings (SSSR count). The fourth-order valence-electron chi connectivity index (χ4n) is 1.81. The van der Waals surface area contributed by atoms with Gasteiger partial charge in [-0.05, 0) is 19.1 Å². The summed E-state index contributed by atoms with van der Waals surface area (Å²) in [4.78, 5) is 8.15. The lowest BCUT2D eigenvalue weighted by Gasteiger charge is -2.10. The van der Waals surface area contributed by atoms with E-state index in [1.54, 1.807) is 7.05 Å². The van der Waals surface area contributed by atoms with Gasteiger partial charge in [0, 0.05) is 18.2 Å². The van der Waals surface area contributed by atoms with Crippen molar-refractivity contribution in [2.75, 3.05) is 12.4 Å². The Hall–Kier alpha value is -2.11. The van der Waals surface area contributed by atoms with Gasteiger partial charge in [-0.25, -0.2) is 9.97 Å². The van der Waals surface area contributed by atoms with Gasteiger partial charge in [-0.15, -0.1) is 0 Å². The molecule has 3 nitrogen and oxygen atoms in total. The molecule has 0 amide bonds. The van der Waals surface area contributed by atoms with Gasteiger partial charge >= 0.3 is 6.18 Å². The number of aromatic nitrogens is 2. The van der Waals surface area contributed by atoms with Crippen LogP contribution in [0.3, 0.4) is 0 Å². The Morgan fingerprint density at radius 2 is 1.68 bits per heavy atom. The van der Waals surface area contributed by atoms with Crippen LogP contribution in [0.2, 0.25) is 0 Å². The van der Waals surface area contributed by atoms with Crippen molar-refractivity contribution < 1.29 is 13.2 Å². The molecule has 1 aromatic heterocycles. The van der Waals surface area contributed by atoms with Crippen LogP contribution in [0.5, 0.6) is 0 Å². The van der Waals surface area contributed by atoms with Crippen LogP contribution in [0, 0.1) is 6.92 Å². The Bertz CT molecular complexity index is 577. The maximum absolute atomic E-state index is 12.5. The van der Waals surface area contributed by atoms with Gasteiger partial charge in [-0.2, -0.15) is 13.2 Å². The molecular weight excluding hydrogens is 255 g/mol. The first-order valence-corrected chi connectivity index (χ1v) is 5.60. The van der Waals surface area contributed by atoms with Gasteiger partial charge in [-0.1, -0.05) is 12.1 Å². The SMILES string of the molecule is CNc1ncnc(-c2ccc(C(F)(F)F)cc2)c1C. The third-order valence-electron chi connectivity index (χ3n) is 2.81. The second-order valence-electron chi connectivity index (χ2n) is 4.02. The molecular formula is C13H12F3N3. The zero-order valence-corrected chi connectivity index (χ0v) is 10.4. The highest BCUT2D eigenvalue weighted by Crippen LogP contribution is 2.31. The fourth-order valence-corrected chi connectivity index (χ4v) is 1.81. The monoisotopic (exact) mass is 267 g/mol. The summed E-state index contributed by atoms with van der Waals surface area (Å²) in [6.45, 7) is 1.82. The van der Waals surface area contributed by atoms with Crippen LogP contribution in [0.1, 0.15) is 11.1 Å². The number of halogens is 3. The Kier molecular flexibility index (Phi) is 3.42. The average Bonchev–Trinajstić information content (AvgIpc) is 2.38. The number of nitrogens with zero attached hydrogens (tertiary/aromatic N) is 2. The lowest BCUT2D eigenvalue weighted by atomic mass is 10.1. The summed E-state index contributed by atoms with van der Waals surface area (Å²) >= 11 is 0. The van der Waals surface area contributed by atoms with E-state index in [0.717, 1.165) is 17.7 Å². The summed E-state index contributed by atoms with van der Waals surface area (Å²) < 4.78 is 37.5. The lowest BCUT2D eigenvalue weighted by molar-refractivity contribution is -0.137. The number of anilines is 1. The van der Waals surface area contributed by atoms with Gasteiger partial charge in [-0.3, -0.25) is 0 Å². The average molecular weight is 267 g/mol. The highest BCUT2D eigenvalue weighted by molar-refractivity contribution is 5.67. The van der Waals surface area contributed by atoms with Crippen LogP contribution in [0.25, 0.3) is 11.3 Å². The molecule has 19 heavy (non-hydrogen) atoms. The predicted octanol–water partition coefficient (Wildman–Crippen LogP) is 3.51. The van der Waals surface area contributed by atoms with Crippen LogP contribution in [0.4, 0.5) is 19.0 Å². The van der Waals surface area contributed by atoms with Gasteiger partial charge in [0.05, 0.1) is 11.3 Å². The maximum Gasteiger partial charge on any atom is 0.416 e. The third-order valence-corrected chi connectivity index (χ3v) is 2.81. The number of alkyl halides is 3. The van der Waals surface area contributed by atoms with Crippen LogP contribution in [0.15, 0.2) is 30.6 Å². The minimum Gasteiger partial charge on any atom is -0.373 e. The summed E-state index contributed by atoms with van der Waals surface area (Å²) in [7, 11) is 1.73. The smallest absolute Gasteiger partial charge is 0.373 e. The van der Waals surface area contributed by atoms with Crippen molar-refractivity contribution in [1.29, 1.82) is 0 Å². The Morgan fingerprint density at radius 1 is 1.05 bits per heavy atom. The van der Waals surface area contributed by atoms with Crippen LogP contribution < -0.4 is 5.32 Å². The molecule has 1 heterocycles. The van der Waals surface area contributed by atoms with E-state index < -0.39 is 11.7 Å². The molecule has 0 aliphatic rings. The Balaban J connectivity index is 2.43. The Labute approximate surface area is 108 Å². The molecule has 0 saturated carbocycles. The third kappa shape index (κ3) is 2.67. The topological polar surface area (TPSA) is 37.8 Å². The molecule has 0 saturated heterocycles. The molecule has 0 fully saturated rings.